The first-order valence-corrected chi connectivity index (χ1v) is 7.51. The van der Waals surface area contributed by atoms with Crippen LogP contribution in [0.25, 0.3) is 0 Å². The van der Waals surface area contributed by atoms with Crippen molar-refractivity contribution in [3.63, 3.8) is 0 Å². The number of halogens is 2. The van der Waals surface area contributed by atoms with E-state index >= 15 is 0 Å². The van der Waals surface area contributed by atoms with Gasteiger partial charge in [-0.2, -0.15) is 0 Å². The van der Waals surface area contributed by atoms with Crippen LogP contribution in [0, 0.1) is 11.8 Å². The lowest BCUT2D eigenvalue weighted by molar-refractivity contribution is -0.238. The van der Waals surface area contributed by atoms with Crippen LogP contribution >= 0.6 is 23.2 Å². The monoisotopic (exact) mass is 336 g/mol. The summed E-state index contributed by atoms with van der Waals surface area (Å²) in [5, 5.41) is 11.1. The maximum atomic E-state index is 13.0. The summed E-state index contributed by atoms with van der Waals surface area (Å²) < 4.78 is 16.5. The molecule has 2 aliphatic carbocycles. The molecule has 3 rings (SSSR count). The molecule has 0 aromatic heterocycles. The van der Waals surface area contributed by atoms with Gasteiger partial charge in [0.1, 0.15) is 4.87 Å². The summed E-state index contributed by atoms with van der Waals surface area (Å²) >= 11 is 13.6. The van der Waals surface area contributed by atoms with Crippen LogP contribution in [0.4, 0.5) is 0 Å². The van der Waals surface area contributed by atoms with Crippen LogP contribution in [0.3, 0.4) is 0 Å². The second-order valence-electron chi connectivity index (χ2n) is 5.88. The Morgan fingerprint density at radius 2 is 1.95 bits per heavy atom. The number of hydrogen-bond acceptors (Lipinski definition) is 5. The van der Waals surface area contributed by atoms with Crippen molar-refractivity contribution in [1.82, 2.24) is 0 Å². The maximum Gasteiger partial charge on any atom is 0.218 e. The molecule has 3 fully saturated rings. The summed E-state index contributed by atoms with van der Waals surface area (Å²) in [6.45, 7) is 4.18. The normalized spacial score (nSPS) is 50.4. The molecule has 1 N–H and O–H groups in total. The summed E-state index contributed by atoms with van der Waals surface area (Å²) in [4.78, 5) is 9.84. The van der Waals surface area contributed by atoms with Crippen molar-refractivity contribution in [2.24, 2.45) is 11.8 Å². The van der Waals surface area contributed by atoms with Crippen LogP contribution in [-0.2, 0) is 19.0 Å². The van der Waals surface area contributed by atoms with E-state index in [9.17, 15) is 9.90 Å². The molecule has 5 atom stereocenters. The zero-order valence-electron chi connectivity index (χ0n) is 11.9. The van der Waals surface area contributed by atoms with Gasteiger partial charge < -0.3 is 19.3 Å². The van der Waals surface area contributed by atoms with E-state index in [1.165, 1.54) is 20.3 Å². The number of ether oxygens (including phenoxy) is 3. The molecule has 0 aromatic rings. The third-order valence-corrected chi connectivity index (χ3v) is 6.93. The molecule has 0 unspecified atom stereocenters. The van der Waals surface area contributed by atoms with Gasteiger partial charge in [-0.3, -0.25) is 4.79 Å². The molecule has 1 heterocycles. The number of aliphatic hydroxyl groups is 1. The Morgan fingerprint density at radius 3 is 2.48 bits per heavy atom. The Labute approximate surface area is 133 Å². The fourth-order valence-corrected chi connectivity index (χ4v) is 5.99. The lowest BCUT2D eigenvalue weighted by atomic mass is 9.70. The summed E-state index contributed by atoms with van der Waals surface area (Å²) in [5.74, 6) is -2.91. The molecule has 0 amide bonds. The number of rotatable bonds is 4. The lowest BCUT2D eigenvalue weighted by Crippen LogP contribution is -2.63. The highest BCUT2D eigenvalue weighted by molar-refractivity contribution is 6.44. The number of Topliss-reactive ketones (excluding diaryl/α,β-unsaturated/α-hetero) is 1. The summed E-state index contributed by atoms with van der Waals surface area (Å²) in [6, 6.07) is 0. The lowest BCUT2D eigenvalue weighted by Gasteiger charge is -2.45. The maximum absolute atomic E-state index is 13.0. The Hall–Kier alpha value is -0.170. The molecule has 0 radical (unpaired) electrons. The summed E-state index contributed by atoms with van der Waals surface area (Å²) in [6.07, 6.45) is 1.42. The van der Waals surface area contributed by atoms with Gasteiger partial charge in [-0.1, -0.05) is 6.08 Å². The average Bonchev–Trinajstić information content (AvgIpc) is 3.04. The van der Waals surface area contributed by atoms with Gasteiger partial charge in [0, 0.05) is 32.5 Å². The van der Waals surface area contributed by atoms with Crippen molar-refractivity contribution >= 4 is 29.0 Å². The number of hydrogen-bond donors (Lipinski definition) is 1. The molecule has 5 nitrogen and oxygen atoms in total. The molecule has 2 saturated carbocycles. The Kier molecular flexibility index (Phi) is 3.32. The molecule has 21 heavy (non-hydrogen) atoms. The quantitative estimate of drug-likeness (QED) is 0.473. The van der Waals surface area contributed by atoms with Crippen molar-refractivity contribution in [1.29, 1.82) is 0 Å². The fraction of sp³-hybridized carbons (Fsp3) is 0.786. The van der Waals surface area contributed by atoms with Crippen molar-refractivity contribution in [2.45, 2.75) is 27.6 Å². The van der Waals surface area contributed by atoms with Crippen molar-refractivity contribution in [2.75, 3.05) is 27.4 Å². The van der Waals surface area contributed by atoms with E-state index in [1.807, 2.05) is 0 Å². The van der Waals surface area contributed by atoms with Crippen LogP contribution in [-0.4, -0.2) is 59.5 Å². The second kappa shape index (κ2) is 4.43. The number of carbonyl (C=O) groups is 1. The molecule has 118 valence electrons. The van der Waals surface area contributed by atoms with Crippen molar-refractivity contribution in [3.05, 3.63) is 12.7 Å². The molecular formula is C14H18Cl2O5. The number of methoxy groups -OCH3 is 2. The van der Waals surface area contributed by atoms with E-state index in [1.54, 1.807) is 0 Å². The van der Waals surface area contributed by atoms with Gasteiger partial charge in [-0.15, -0.1) is 29.8 Å². The molecule has 0 spiro atoms. The molecule has 3 aliphatic rings. The standard InChI is InChI=1S/C14H18Cl2O5/c1-4-5-11(18)10(17)12(15)8-6-21-7-9(8)13(11,16)14(12,19-2)20-3/h4,8-9,18H,1,5-7H2,2-3H3/t8-,9+,11-,12-,13+/m1/s1. The Bertz CT molecular complexity index is 508. The first kappa shape index (κ1) is 15.7. The third-order valence-electron chi connectivity index (χ3n) is 5.38. The summed E-state index contributed by atoms with van der Waals surface area (Å²) in [5.41, 5.74) is -1.90. The van der Waals surface area contributed by atoms with Gasteiger partial charge in [0.25, 0.3) is 0 Å². The molecular weight excluding hydrogens is 319 g/mol. The van der Waals surface area contributed by atoms with Gasteiger partial charge in [0.05, 0.1) is 13.2 Å². The van der Waals surface area contributed by atoms with E-state index < -0.39 is 26.9 Å². The van der Waals surface area contributed by atoms with Gasteiger partial charge in [-0.25, -0.2) is 0 Å². The zero-order chi connectivity index (χ0) is 15.7. The highest BCUT2D eigenvalue weighted by Crippen LogP contribution is 2.73. The molecule has 1 saturated heterocycles. The number of fused-ring (bicyclic) bond motifs is 5. The van der Waals surface area contributed by atoms with Crippen LogP contribution in [0.2, 0.25) is 0 Å². The SMILES string of the molecule is C=CC[C@@]1(O)C(=O)[C@]2(Cl)[C@@H]3COC[C@@H]3[C@@]1(Cl)C2(OC)OC. The number of alkyl halides is 2. The van der Waals surface area contributed by atoms with Crippen LogP contribution in [0.1, 0.15) is 6.42 Å². The fourth-order valence-electron chi connectivity index (χ4n) is 4.58. The van der Waals surface area contributed by atoms with Crippen LogP contribution < -0.4 is 0 Å². The van der Waals surface area contributed by atoms with E-state index in [4.69, 9.17) is 37.4 Å². The highest BCUT2D eigenvalue weighted by atomic mass is 35.5. The van der Waals surface area contributed by atoms with Crippen molar-refractivity contribution < 1.29 is 24.1 Å². The predicted molar refractivity (Wildman–Crippen MR) is 76.5 cm³/mol. The minimum absolute atomic E-state index is 0.0263. The zero-order valence-corrected chi connectivity index (χ0v) is 13.4. The number of carbonyl (C=O) groups excluding carboxylic acids is 1. The summed E-state index contributed by atoms with van der Waals surface area (Å²) in [7, 11) is 2.76. The number of ketones is 1. The van der Waals surface area contributed by atoms with E-state index in [0.29, 0.717) is 6.61 Å². The second-order valence-corrected chi connectivity index (χ2v) is 7.07. The van der Waals surface area contributed by atoms with E-state index in [-0.39, 0.29) is 24.9 Å². The predicted octanol–water partition coefficient (Wildman–Crippen LogP) is 1.10. The van der Waals surface area contributed by atoms with Gasteiger partial charge >= 0.3 is 0 Å². The average molecular weight is 337 g/mol. The van der Waals surface area contributed by atoms with Crippen LogP contribution in [0.15, 0.2) is 12.7 Å². The van der Waals surface area contributed by atoms with Gasteiger partial charge in [0.15, 0.2) is 16.3 Å². The van der Waals surface area contributed by atoms with E-state index in [2.05, 4.69) is 6.58 Å². The minimum atomic E-state index is -1.90. The van der Waals surface area contributed by atoms with Gasteiger partial charge in [0.2, 0.25) is 5.79 Å². The molecule has 0 aromatic carbocycles. The first-order valence-electron chi connectivity index (χ1n) is 6.76. The van der Waals surface area contributed by atoms with Gasteiger partial charge in [-0.05, 0) is 0 Å². The molecule has 7 heteroatoms. The largest absolute Gasteiger partial charge is 0.381 e. The van der Waals surface area contributed by atoms with Crippen molar-refractivity contribution in [3.8, 4) is 0 Å². The first-order chi connectivity index (χ1) is 9.81. The third kappa shape index (κ3) is 1.26. The molecule has 2 bridgehead atoms. The highest BCUT2D eigenvalue weighted by Gasteiger charge is 2.93. The van der Waals surface area contributed by atoms with E-state index in [0.717, 1.165) is 0 Å². The smallest absolute Gasteiger partial charge is 0.218 e. The molecule has 1 aliphatic heterocycles. The Balaban J connectivity index is 2.31. The minimum Gasteiger partial charge on any atom is -0.381 e. The Morgan fingerprint density at radius 1 is 1.38 bits per heavy atom. The topological polar surface area (TPSA) is 65.0 Å². The van der Waals surface area contributed by atoms with Crippen LogP contribution in [0.5, 0.6) is 0 Å².